The molecule has 0 saturated carbocycles. The Morgan fingerprint density at radius 1 is 0.722 bits per heavy atom. The van der Waals surface area contributed by atoms with Crippen molar-refractivity contribution in [3.8, 4) is 0 Å². The van der Waals surface area contributed by atoms with Gasteiger partial charge >= 0.3 is 12.4 Å². The van der Waals surface area contributed by atoms with Crippen LogP contribution in [0.15, 0.2) is 0 Å². The van der Waals surface area contributed by atoms with E-state index in [1.54, 1.807) is 0 Å². The van der Waals surface area contributed by atoms with E-state index in [1.807, 2.05) is 0 Å². The van der Waals surface area contributed by atoms with Crippen molar-refractivity contribution < 1.29 is 35.1 Å². The van der Waals surface area contributed by atoms with Crippen LogP contribution >= 0.6 is 0 Å². The molecular weight excluding hydrogens is 272 g/mol. The van der Waals surface area contributed by atoms with E-state index in [0.717, 1.165) is 27.7 Å². The second-order valence-corrected chi connectivity index (χ2v) is 4.75. The summed E-state index contributed by atoms with van der Waals surface area (Å²) >= 11 is 0. The predicted octanol–water partition coefficient (Wildman–Crippen LogP) is 5.58. The zero-order valence-corrected chi connectivity index (χ0v) is 10.4. The average Bonchev–Trinajstić information content (AvgIpc) is 1.96. The molecule has 0 aliphatic rings. The lowest BCUT2D eigenvalue weighted by Crippen LogP contribution is -2.28. The number of hydrogen-bond donors (Lipinski definition) is 0. The number of rotatable bonds is 2. The van der Waals surface area contributed by atoms with Crippen molar-refractivity contribution in [3.63, 3.8) is 0 Å². The Kier molecular flexibility index (Phi) is 6.65. The van der Waals surface area contributed by atoms with Crippen molar-refractivity contribution >= 4 is 0 Å². The van der Waals surface area contributed by atoms with Crippen LogP contribution in [0, 0.1) is 5.41 Å². The predicted molar refractivity (Wildman–Crippen MR) is 51.4 cm³/mol. The highest BCUT2D eigenvalue weighted by atomic mass is 19.4. The molecule has 0 N–H and O–H groups in total. The summed E-state index contributed by atoms with van der Waals surface area (Å²) in [5, 5.41) is 0. The summed E-state index contributed by atoms with van der Waals surface area (Å²) in [5.74, 6) is -3.60. The van der Waals surface area contributed by atoms with Crippen molar-refractivity contribution in [2.24, 2.45) is 5.41 Å². The first-order chi connectivity index (χ1) is 7.52. The van der Waals surface area contributed by atoms with Gasteiger partial charge in [0.05, 0.1) is 5.41 Å². The van der Waals surface area contributed by atoms with E-state index in [9.17, 15) is 35.1 Å². The fraction of sp³-hybridized carbons (Fsp3) is 1.00. The molecule has 0 bridgehead atoms. The molecule has 18 heavy (non-hydrogen) atoms. The third-order valence-electron chi connectivity index (χ3n) is 1.83. The molecule has 0 aromatic carbocycles. The van der Waals surface area contributed by atoms with Gasteiger partial charge in [0, 0.05) is 6.42 Å². The van der Waals surface area contributed by atoms with Gasteiger partial charge in [-0.15, -0.1) is 0 Å². The van der Waals surface area contributed by atoms with Gasteiger partial charge in [0.15, 0.2) is 0 Å². The topological polar surface area (TPSA) is 0 Å². The van der Waals surface area contributed by atoms with E-state index in [2.05, 4.69) is 0 Å². The first kappa shape index (κ1) is 19.8. The highest BCUT2D eigenvalue weighted by Crippen LogP contribution is 2.36. The molecule has 0 aromatic rings. The van der Waals surface area contributed by atoms with Crippen LogP contribution in [0.1, 0.15) is 40.5 Å². The molecule has 0 atom stereocenters. The van der Waals surface area contributed by atoms with Crippen LogP contribution in [0.3, 0.4) is 0 Å². The maximum absolute atomic E-state index is 11.9. The van der Waals surface area contributed by atoms with Crippen LogP contribution in [0.2, 0.25) is 0 Å². The lowest BCUT2D eigenvalue weighted by molar-refractivity contribution is -0.204. The van der Waals surface area contributed by atoms with E-state index >= 15 is 0 Å². The second-order valence-electron chi connectivity index (χ2n) is 4.75. The van der Waals surface area contributed by atoms with Gasteiger partial charge < -0.3 is 0 Å². The summed E-state index contributed by atoms with van der Waals surface area (Å²) in [6.07, 6.45) is -11.6. The van der Waals surface area contributed by atoms with Crippen LogP contribution in [-0.4, -0.2) is 18.3 Å². The maximum atomic E-state index is 11.9. The van der Waals surface area contributed by atoms with Crippen molar-refractivity contribution in [1.82, 2.24) is 0 Å². The zero-order valence-electron chi connectivity index (χ0n) is 10.4. The van der Waals surface area contributed by atoms with E-state index in [-0.39, 0.29) is 0 Å². The molecule has 0 fully saturated rings. The third-order valence-corrected chi connectivity index (χ3v) is 1.83. The van der Waals surface area contributed by atoms with Crippen LogP contribution < -0.4 is 0 Å². The van der Waals surface area contributed by atoms with Crippen LogP contribution in [0.5, 0.6) is 0 Å². The van der Waals surface area contributed by atoms with Crippen molar-refractivity contribution in [2.75, 3.05) is 0 Å². The molecule has 0 aliphatic heterocycles. The molecule has 112 valence electrons. The van der Waals surface area contributed by atoms with Crippen LogP contribution in [-0.2, 0) is 0 Å². The second kappa shape index (κ2) is 6.06. The molecule has 0 heterocycles. The molecule has 0 aliphatic carbocycles. The highest BCUT2D eigenvalue weighted by molar-refractivity contribution is 4.70. The Morgan fingerprint density at radius 3 is 1.06 bits per heavy atom. The molecule has 0 saturated heterocycles. The standard InChI is InChI=1S/C5H7F5.C5H9F3/c1-2-4(6,7)3-5(8,9)10;1-4(2,3)5(6,7)8/h2-3H2,1H3;1-3H3. The Balaban J connectivity index is 0. The fourth-order valence-electron chi connectivity index (χ4n) is 0.418. The summed E-state index contributed by atoms with van der Waals surface area (Å²) in [6, 6.07) is 0. The van der Waals surface area contributed by atoms with Gasteiger partial charge in [-0.25, -0.2) is 8.78 Å². The molecule has 0 radical (unpaired) electrons. The van der Waals surface area contributed by atoms with Crippen molar-refractivity contribution in [1.29, 1.82) is 0 Å². The van der Waals surface area contributed by atoms with Gasteiger partial charge in [0.25, 0.3) is 5.92 Å². The number of alkyl halides is 8. The van der Waals surface area contributed by atoms with Gasteiger partial charge in [-0.05, 0) is 0 Å². The molecule has 0 rings (SSSR count). The molecule has 0 spiro atoms. The lowest BCUT2D eigenvalue weighted by atomic mass is 9.96. The summed E-state index contributed by atoms with van der Waals surface area (Å²) in [6.45, 7) is 4.46. The van der Waals surface area contributed by atoms with Crippen molar-refractivity contribution in [2.45, 2.75) is 58.8 Å². The van der Waals surface area contributed by atoms with Crippen LogP contribution in [0.25, 0.3) is 0 Å². The molecule has 0 aromatic heterocycles. The van der Waals surface area contributed by atoms with Crippen LogP contribution in [0.4, 0.5) is 35.1 Å². The van der Waals surface area contributed by atoms with Gasteiger partial charge in [0.2, 0.25) is 0 Å². The summed E-state index contributed by atoms with van der Waals surface area (Å²) in [7, 11) is 0. The highest BCUT2D eigenvalue weighted by Gasteiger charge is 2.43. The Hall–Kier alpha value is -0.560. The van der Waals surface area contributed by atoms with Gasteiger partial charge in [-0.1, -0.05) is 27.7 Å². The van der Waals surface area contributed by atoms with Gasteiger partial charge in [-0.3, -0.25) is 0 Å². The van der Waals surface area contributed by atoms with Gasteiger partial charge in [0.1, 0.15) is 6.42 Å². The van der Waals surface area contributed by atoms with E-state index in [4.69, 9.17) is 0 Å². The Morgan fingerprint density at radius 2 is 1.00 bits per heavy atom. The largest absolute Gasteiger partial charge is 0.394 e. The minimum Gasteiger partial charge on any atom is -0.207 e. The Bertz CT molecular complexity index is 218. The summed E-state index contributed by atoms with van der Waals surface area (Å²) in [5.41, 5.74) is -1.56. The van der Waals surface area contributed by atoms with E-state index < -0.39 is 36.5 Å². The summed E-state index contributed by atoms with van der Waals surface area (Å²) in [4.78, 5) is 0. The smallest absolute Gasteiger partial charge is 0.207 e. The molecule has 0 nitrogen and oxygen atoms in total. The number of hydrogen-bond acceptors (Lipinski definition) is 0. The Labute approximate surface area is 100 Å². The van der Waals surface area contributed by atoms with E-state index in [0.29, 0.717) is 0 Å². The van der Waals surface area contributed by atoms with Gasteiger partial charge in [-0.2, -0.15) is 26.3 Å². The minimum atomic E-state index is -4.76. The minimum absolute atomic E-state index is 0.771. The average molecular weight is 288 g/mol. The summed E-state index contributed by atoms with van der Waals surface area (Å²) < 4.78 is 92.3. The number of halogens is 8. The molecule has 0 amide bonds. The molecule has 0 unspecified atom stereocenters. The maximum Gasteiger partial charge on any atom is 0.394 e. The monoisotopic (exact) mass is 288 g/mol. The first-order valence-corrected chi connectivity index (χ1v) is 5.03. The fourth-order valence-corrected chi connectivity index (χ4v) is 0.418. The SMILES string of the molecule is CC(C)(C)C(F)(F)F.CCC(F)(F)CC(F)(F)F. The van der Waals surface area contributed by atoms with Crippen molar-refractivity contribution in [3.05, 3.63) is 0 Å². The quantitative estimate of drug-likeness (QED) is 0.582. The first-order valence-electron chi connectivity index (χ1n) is 5.03. The normalized spacial score (nSPS) is 14.0. The van der Waals surface area contributed by atoms with E-state index in [1.165, 1.54) is 0 Å². The third kappa shape index (κ3) is 10.6. The lowest BCUT2D eigenvalue weighted by Gasteiger charge is -2.21. The molecule has 8 heteroatoms. The molecular formula is C10H16F8. The zero-order chi connectivity index (χ0) is 15.4.